The zero-order valence-electron chi connectivity index (χ0n) is 20.6. The van der Waals surface area contributed by atoms with Crippen molar-refractivity contribution in [1.29, 1.82) is 0 Å². The van der Waals surface area contributed by atoms with Crippen molar-refractivity contribution >= 4 is 34.2 Å². The van der Waals surface area contributed by atoms with Gasteiger partial charge < -0.3 is 10.1 Å². The van der Waals surface area contributed by atoms with Gasteiger partial charge in [0.1, 0.15) is 0 Å². The average Bonchev–Trinajstić information content (AvgIpc) is 3.33. The Kier molecular flexibility index (Phi) is 8.39. The molecule has 0 aliphatic heterocycles. The van der Waals surface area contributed by atoms with E-state index >= 15 is 0 Å². The highest BCUT2D eigenvalue weighted by Crippen LogP contribution is 2.20. The molecule has 1 fully saturated rings. The summed E-state index contributed by atoms with van der Waals surface area (Å²) in [6.45, 7) is 1.93. The zero-order chi connectivity index (χ0) is 26.3. The summed E-state index contributed by atoms with van der Waals surface area (Å²) in [4.78, 5) is 24.5. The van der Waals surface area contributed by atoms with Crippen LogP contribution in [0, 0.1) is 0 Å². The minimum absolute atomic E-state index is 0.0119. The molecule has 1 saturated carbocycles. The monoisotopic (exact) mass is 522 g/mol. The van der Waals surface area contributed by atoms with E-state index in [0.717, 1.165) is 37.7 Å². The number of urea groups is 1. The maximum absolute atomic E-state index is 12.8. The normalized spacial score (nSPS) is 14.4. The van der Waals surface area contributed by atoms with Gasteiger partial charge >= 0.3 is 12.0 Å². The van der Waals surface area contributed by atoms with E-state index in [-0.39, 0.29) is 23.2 Å². The van der Waals surface area contributed by atoms with Crippen LogP contribution in [0.1, 0.15) is 60.8 Å². The minimum Gasteiger partial charge on any atom is -0.461 e. The number of aromatic nitrogens is 2. The second-order valence-corrected chi connectivity index (χ2v) is 10.4. The summed E-state index contributed by atoms with van der Waals surface area (Å²) in [5.41, 5.74) is 2.24. The number of sulfonamides is 1. The first kappa shape index (κ1) is 26.2. The summed E-state index contributed by atoms with van der Waals surface area (Å²) < 4.78 is 34.2. The van der Waals surface area contributed by atoms with Crippen LogP contribution in [-0.2, 0) is 14.8 Å². The summed E-state index contributed by atoms with van der Waals surface area (Å²) in [6.07, 6.45) is 8.57. The van der Waals surface area contributed by atoms with E-state index in [1.807, 2.05) is 42.5 Å². The van der Waals surface area contributed by atoms with Crippen molar-refractivity contribution in [3.05, 3.63) is 77.6 Å². The zero-order valence-corrected chi connectivity index (χ0v) is 21.4. The van der Waals surface area contributed by atoms with Gasteiger partial charge in [0.05, 0.1) is 22.9 Å². The number of nitrogens with zero attached hydrogens (tertiary/aromatic N) is 2. The maximum atomic E-state index is 12.8. The van der Waals surface area contributed by atoms with E-state index < -0.39 is 22.0 Å². The number of hydrogen-bond donors (Lipinski definition) is 2. The van der Waals surface area contributed by atoms with Gasteiger partial charge in [-0.15, -0.1) is 0 Å². The average molecular weight is 523 g/mol. The number of hydrogen-bond acceptors (Lipinski definition) is 6. The Morgan fingerprint density at radius 1 is 1.03 bits per heavy atom. The van der Waals surface area contributed by atoms with Crippen molar-refractivity contribution in [2.75, 3.05) is 6.61 Å². The Labute approximate surface area is 216 Å². The number of ether oxygens (including phenoxy) is 1. The maximum Gasteiger partial charge on any atom is 0.358 e. The fourth-order valence-electron chi connectivity index (χ4n) is 4.18. The molecule has 1 aliphatic rings. The molecule has 194 valence electrons. The van der Waals surface area contributed by atoms with Crippen LogP contribution in [0.5, 0.6) is 0 Å². The van der Waals surface area contributed by atoms with E-state index in [2.05, 4.69) is 15.1 Å². The van der Waals surface area contributed by atoms with Crippen molar-refractivity contribution in [1.82, 2.24) is 19.8 Å². The molecule has 2 amide bonds. The Hall–Kier alpha value is -3.92. The third kappa shape index (κ3) is 6.85. The summed E-state index contributed by atoms with van der Waals surface area (Å²) in [7, 11) is -4.06. The number of esters is 1. The third-order valence-corrected chi connectivity index (χ3v) is 7.37. The summed E-state index contributed by atoms with van der Waals surface area (Å²) in [5, 5.41) is 7.12. The SMILES string of the molecule is CCOC(=O)c1cc(/C=C/c2ccccc2)n(-c2ccc(S(=O)(=O)NC(=O)NC3CCCCC3)cc2)n1. The fraction of sp³-hybridized carbons (Fsp3) is 0.296. The van der Waals surface area contributed by atoms with E-state index in [9.17, 15) is 18.0 Å². The number of carbonyl (C=O) groups excluding carboxylic acids is 2. The molecule has 1 aliphatic carbocycles. The second-order valence-electron chi connectivity index (χ2n) is 8.74. The lowest BCUT2D eigenvalue weighted by atomic mass is 9.96. The van der Waals surface area contributed by atoms with Gasteiger partial charge in [-0.25, -0.2) is 27.4 Å². The Bertz CT molecular complexity index is 1360. The highest BCUT2D eigenvalue weighted by atomic mass is 32.2. The van der Waals surface area contributed by atoms with E-state index in [1.165, 1.54) is 16.8 Å². The summed E-state index contributed by atoms with van der Waals surface area (Å²) in [6, 6.07) is 16.4. The molecule has 0 atom stereocenters. The number of rotatable bonds is 8. The predicted octanol–water partition coefficient (Wildman–Crippen LogP) is 4.54. The first-order chi connectivity index (χ1) is 17.9. The molecule has 37 heavy (non-hydrogen) atoms. The van der Waals surface area contributed by atoms with Crippen LogP contribution in [0.3, 0.4) is 0 Å². The van der Waals surface area contributed by atoms with Crippen LogP contribution in [-0.4, -0.2) is 42.8 Å². The van der Waals surface area contributed by atoms with Crippen molar-refractivity contribution < 1.29 is 22.7 Å². The van der Waals surface area contributed by atoms with Crippen molar-refractivity contribution in [3.8, 4) is 5.69 Å². The Morgan fingerprint density at radius 2 is 1.73 bits per heavy atom. The van der Waals surface area contributed by atoms with Gasteiger partial charge in [0.2, 0.25) is 0 Å². The van der Waals surface area contributed by atoms with Crippen LogP contribution in [0.15, 0.2) is 65.6 Å². The molecule has 0 unspecified atom stereocenters. The van der Waals surface area contributed by atoms with Crippen LogP contribution in [0.4, 0.5) is 4.79 Å². The molecule has 0 bridgehead atoms. The molecule has 0 spiro atoms. The lowest BCUT2D eigenvalue weighted by Crippen LogP contribution is -2.45. The van der Waals surface area contributed by atoms with Crippen LogP contribution >= 0.6 is 0 Å². The van der Waals surface area contributed by atoms with Crippen molar-refractivity contribution in [2.45, 2.75) is 50.0 Å². The van der Waals surface area contributed by atoms with Gasteiger partial charge in [-0.3, -0.25) is 0 Å². The summed E-state index contributed by atoms with van der Waals surface area (Å²) in [5.74, 6) is -0.553. The van der Waals surface area contributed by atoms with Gasteiger partial charge in [-0.2, -0.15) is 5.10 Å². The molecule has 3 aromatic rings. The minimum atomic E-state index is -4.06. The van der Waals surface area contributed by atoms with Gasteiger partial charge in [0.25, 0.3) is 10.0 Å². The smallest absolute Gasteiger partial charge is 0.358 e. The number of amides is 2. The molecular weight excluding hydrogens is 492 g/mol. The highest BCUT2D eigenvalue weighted by molar-refractivity contribution is 7.90. The van der Waals surface area contributed by atoms with Crippen LogP contribution in [0.25, 0.3) is 17.8 Å². The highest BCUT2D eigenvalue weighted by Gasteiger charge is 2.22. The largest absolute Gasteiger partial charge is 0.461 e. The molecule has 1 heterocycles. The third-order valence-electron chi connectivity index (χ3n) is 6.03. The molecule has 0 saturated heterocycles. The van der Waals surface area contributed by atoms with Crippen molar-refractivity contribution in [3.63, 3.8) is 0 Å². The van der Waals surface area contributed by atoms with Crippen LogP contribution < -0.4 is 10.0 Å². The lowest BCUT2D eigenvalue weighted by molar-refractivity contribution is 0.0519. The fourth-order valence-corrected chi connectivity index (χ4v) is 5.10. The quantitative estimate of drug-likeness (QED) is 0.419. The van der Waals surface area contributed by atoms with Crippen molar-refractivity contribution in [2.24, 2.45) is 0 Å². The molecule has 2 N–H and O–H groups in total. The van der Waals surface area contributed by atoms with Gasteiger partial charge in [0, 0.05) is 6.04 Å². The standard InChI is InChI=1S/C27H30N4O5S/c1-2-36-26(32)25-19-23(14-13-20-9-5-3-6-10-20)31(29-25)22-15-17-24(18-16-22)37(34,35)30-27(33)28-21-11-7-4-8-12-21/h3,5-6,9-10,13-19,21H,2,4,7-8,11-12H2,1H3,(H2,28,30,33)/b14-13+. The van der Waals surface area contributed by atoms with E-state index in [1.54, 1.807) is 25.1 Å². The Balaban J connectivity index is 1.55. The molecule has 10 heteroatoms. The predicted molar refractivity (Wildman–Crippen MR) is 141 cm³/mol. The Morgan fingerprint density at radius 3 is 2.41 bits per heavy atom. The molecular formula is C27H30N4O5S. The molecule has 4 rings (SSSR count). The van der Waals surface area contributed by atoms with Gasteiger partial charge in [0.15, 0.2) is 5.69 Å². The second kappa shape index (κ2) is 11.9. The number of carbonyl (C=O) groups is 2. The molecule has 1 aromatic heterocycles. The van der Waals surface area contributed by atoms with Crippen LogP contribution in [0.2, 0.25) is 0 Å². The first-order valence-electron chi connectivity index (χ1n) is 12.3. The lowest BCUT2D eigenvalue weighted by Gasteiger charge is -2.22. The molecule has 9 nitrogen and oxygen atoms in total. The number of nitrogens with one attached hydrogen (secondary N) is 2. The number of benzene rings is 2. The van der Waals surface area contributed by atoms with Gasteiger partial charge in [-0.1, -0.05) is 55.7 Å². The summed E-state index contributed by atoms with van der Waals surface area (Å²) >= 11 is 0. The topological polar surface area (TPSA) is 119 Å². The first-order valence-corrected chi connectivity index (χ1v) is 13.8. The van der Waals surface area contributed by atoms with E-state index in [0.29, 0.717) is 11.4 Å². The molecule has 0 radical (unpaired) electrons. The van der Waals surface area contributed by atoms with E-state index in [4.69, 9.17) is 4.74 Å². The van der Waals surface area contributed by atoms with Gasteiger partial charge in [-0.05, 0) is 61.7 Å². The molecule has 2 aromatic carbocycles.